The molecule has 0 fully saturated rings. The van der Waals surface area contributed by atoms with Crippen LogP contribution in [-0.2, 0) is 10.0 Å². The smallest absolute Gasteiger partial charge is 0.267 e. The molecular weight excluding hydrogens is 345 g/mol. The molecule has 0 aromatic heterocycles. The third-order valence-corrected chi connectivity index (χ3v) is 5.31. The van der Waals surface area contributed by atoms with Gasteiger partial charge in [0.1, 0.15) is 5.82 Å². The van der Waals surface area contributed by atoms with Crippen LogP contribution in [0, 0.1) is 5.82 Å². The second-order valence-electron chi connectivity index (χ2n) is 5.46. The van der Waals surface area contributed by atoms with Gasteiger partial charge < -0.3 is 0 Å². The Balaban J connectivity index is 2.12. The molecule has 0 spiro atoms. The number of sulfonamides is 1. The minimum absolute atomic E-state index is 0.171. The number of rotatable bonds is 5. The first-order valence-electron chi connectivity index (χ1n) is 7.35. The Hall–Kier alpha value is -2.58. The van der Waals surface area contributed by atoms with Gasteiger partial charge in [-0.15, -0.1) is 0 Å². The molecule has 8 heteroatoms. The first kappa shape index (κ1) is 18.8. The number of amides is 1. The molecule has 1 amide bonds. The average molecular weight is 363 g/mol. The summed E-state index contributed by atoms with van der Waals surface area (Å²) in [6, 6.07) is 11.3. The number of halogens is 1. The maximum absolute atomic E-state index is 12.8. The van der Waals surface area contributed by atoms with Crippen LogP contribution in [0.25, 0.3) is 0 Å². The van der Waals surface area contributed by atoms with Crippen molar-refractivity contribution in [2.24, 2.45) is 5.10 Å². The number of carbonyl (C=O) groups is 1. The van der Waals surface area contributed by atoms with Crippen LogP contribution in [0.5, 0.6) is 0 Å². The van der Waals surface area contributed by atoms with Crippen LogP contribution in [0.2, 0.25) is 0 Å². The standard InChI is InChI=1S/C17H18FN3O3S/c1-12(19-20-17(22)14-4-8-15(18)9-5-14)13-6-10-16(11-7-13)25(23,24)21(2)3/h4-11H,1-3H3,(H,20,22)/b19-12-. The van der Waals surface area contributed by atoms with Crippen LogP contribution in [0.4, 0.5) is 4.39 Å². The van der Waals surface area contributed by atoms with Gasteiger partial charge in [0.15, 0.2) is 0 Å². The fraction of sp³-hybridized carbons (Fsp3) is 0.176. The molecule has 0 heterocycles. The van der Waals surface area contributed by atoms with Gasteiger partial charge in [0.05, 0.1) is 10.6 Å². The molecule has 0 saturated heterocycles. The van der Waals surface area contributed by atoms with E-state index in [-0.39, 0.29) is 10.5 Å². The Morgan fingerprint density at radius 1 is 1.00 bits per heavy atom. The van der Waals surface area contributed by atoms with Crippen molar-refractivity contribution >= 4 is 21.6 Å². The van der Waals surface area contributed by atoms with E-state index in [0.29, 0.717) is 11.3 Å². The van der Waals surface area contributed by atoms with Crippen molar-refractivity contribution in [1.29, 1.82) is 0 Å². The zero-order chi connectivity index (χ0) is 18.6. The van der Waals surface area contributed by atoms with E-state index < -0.39 is 21.7 Å². The minimum Gasteiger partial charge on any atom is -0.267 e. The Bertz CT molecular complexity index is 890. The van der Waals surface area contributed by atoms with Crippen molar-refractivity contribution in [3.05, 3.63) is 65.5 Å². The van der Waals surface area contributed by atoms with Crippen LogP contribution >= 0.6 is 0 Å². The molecule has 0 aliphatic rings. The van der Waals surface area contributed by atoms with E-state index in [2.05, 4.69) is 10.5 Å². The fourth-order valence-corrected chi connectivity index (χ4v) is 2.85. The second-order valence-corrected chi connectivity index (χ2v) is 7.61. The van der Waals surface area contributed by atoms with Crippen molar-refractivity contribution in [2.45, 2.75) is 11.8 Å². The predicted octanol–water partition coefficient (Wildman–Crippen LogP) is 2.23. The van der Waals surface area contributed by atoms with Crippen molar-refractivity contribution in [3.63, 3.8) is 0 Å². The molecule has 0 bridgehead atoms. The van der Waals surface area contributed by atoms with Gasteiger partial charge in [0.25, 0.3) is 5.91 Å². The topological polar surface area (TPSA) is 78.8 Å². The molecule has 25 heavy (non-hydrogen) atoms. The van der Waals surface area contributed by atoms with Crippen LogP contribution in [0.1, 0.15) is 22.8 Å². The summed E-state index contributed by atoms with van der Waals surface area (Å²) in [5.74, 6) is -0.893. The lowest BCUT2D eigenvalue weighted by molar-refractivity contribution is 0.0955. The number of nitrogens with zero attached hydrogens (tertiary/aromatic N) is 2. The zero-order valence-corrected chi connectivity index (χ0v) is 14.8. The van der Waals surface area contributed by atoms with E-state index in [1.54, 1.807) is 19.1 Å². The number of benzene rings is 2. The normalized spacial score (nSPS) is 12.3. The van der Waals surface area contributed by atoms with Gasteiger partial charge in [-0.2, -0.15) is 5.10 Å². The molecule has 2 rings (SSSR count). The summed E-state index contributed by atoms with van der Waals surface area (Å²) in [5.41, 5.74) is 3.83. The summed E-state index contributed by atoms with van der Waals surface area (Å²) in [5, 5.41) is 3.98. The Morgan fingerprint density at radius 2 is 1.52 bits per heavy atom. The van der Waals surface area contributed by atoms with E-state index in [9.17, 15) is 17.6 Å². The number of nitrogens with one attached hydrogen (secondary N) is 1. The summed E-state index contributed by atoms with van der Waals surface area (Å²) in [4.78, 5) is 12.1. The fourth-order valence-electron chi connectivity index (χ4n) is 1.94. The molecule has 0 aliphatic heterocycles. The molecule has 132 valence electrons. The molecule has 0 unspecified atom stereocenters. The predicted molar refractivity (Wildman–Crippen MR) is 93.4 cm³/mol. The molecule has 1 N–H and O–H groups in total. The van der Waals surface area contributed by atoms with E-state index in [1.165, 1.54) is 50.5 Å². The third kappa shape index (κ3) is 4.49. The molecular formula is C17H18FN3O3S. The monoisotopic (exact) mass is 363 g/mol. The summed E-state index contributed by atoms with van der Waals surface area (Å²) < 4.78 is 38.0. The molecule has 6 nitrogen and oxygen atoms in total. The van der Waals surface area contributed by atoms with Crippen molar-refractivity contribution in [2.75, 3.05) is 14.1 Å². The van der Waals surface area contributed by atoms with Crippen LogP contribution in [0.15, 0.2) is 58.5 Å². The van der Waals surface area contributed by atoms with Gasteiger partial charge in [0.2, 0.25) is 10.0 Å². The lowest BCUT2D eigenvalue weighted by atomic mass is 10.1. The highest BCUT2D eigenvalue weighted by atomic mass is 32.2. The largest absolute Gasteiger partial charge is 0.271 e. The van der Waals surface area contributed by atoms with Gasteiger partial charge in [-0.3, -0.25) is 4.79 Å². The van der Waals surface area contributed by atoms with Crippen LogP contribution < -0.4 is 5.43 Å². The number of hydrogen-bond acceptors (Lipinski definition) is 4. The lowest BCUT2D eigenvalue weighted by Crippen LogP contribution is -2.22. The Kier molecular flexibility index (Phi) is 5.66. The van der Waals surface area contributed by atoms with Crippen molar-refractivity contribution in [3.8, 4) is 0 Å². The first-order chi connectivity index (χ1) is 11.7. The molecule has 0 atom stereocenters. The van der Waals surface area contributed by atoms with Crippen LogP contribution in [0.3, 0.4) is 0 Å². The Labute approximate surface area is 146 Å². The average Bonchev–Trinajstić information content (AvgIpc) is 2.60. The summed E-state index contributed by atoms with van der Waals surface area (Å²) >= 11 is 0. The number of hydrogen-bond donors (Lipinski definition) is 1. The molecule has 2 aromatic rings. The number of carbonyl (C=O) groups excluding carboxylic acids is 1. The highest BCUT2D eigenvalue weighted by molar-refractivity contribution is 7.89. The van der Waals surface area contributed by atoms with Crippen LogP contribution in [-0.4, -0.2) is 38.4 Å². The quantitative estimate of drug-likeness (QED) is 0.654. The molecule has 0 saturated carbocycles. The molecule has 2 aromatic carbocycles. The summed E-state index contributed by atoms with van der Waals surface area (Å²) in [6.07, 6.45) is 0. The maximum atomic E-state index is 12.8. The minimum atomic E-state index is -3.49. The van der Waals surface area contributed by atoms with E-state index >= 15 is 0 Å². The van der Waals surface area contributed by atoms with Crippen molar-refractivity contribution < 1.29 is 17.6 Å². The maximum Gasteiger partial charge on any atom is 0.271 e. The van der Waals surface area contributed by atoms with Gasteiger partial charge in [-0.25, -0.2) is 22.5 Å². The Morgan fingerprint density at radius 3 is 2.04 bits per heavy atom. The lowest BCUT2D eigenvalue weighted by Gasteiger charge is -2.11. The molecule has 0 aliphatic carbocycles. The van der Waals surface area contributed by atoms with E-state index in [4.69, 9.17) is 0 Å². The summed E-state index contributed by atoms with van der Waals surface area (Å²) in [7, 11) is -0.573. The summed E-state index contributed by atoms with van der Waals surface area (Å²) in [6.45, 7) is 1.68. The number of hydrazone groups is 1. The van der Waals surface area contributed by atoms with E-state index in [1.807, 2.05) is 0 Å². The highest BCUT2D eigenvalue weighted by Crippen LogP contribution is 2.14. The first-order valence-corrected chi connectivity index (χ1v) is 8.79. The van der Waals surface area contributed by atoms with E-state index in [0.717, 1.165) is 4.31 Å². The SMILES string of the molecule is C/C(=N/NC(=O)c1ccc(F)cc1)c1ccc(S(=O)(=O)N(C)C)cc1. The third-order valence-electron chi connectivity index (χ3n) is 3.48. The zero-order valence-electron chi connectivity index (χ0n) is 14.0. The van der Waals surface area contributed by atoms with Gasteiger partial charge in [0, 0.05) is 19.7 Å². The van der Waals surface area contributed by atoms with Gasteiger partial charge in [-0.05, 0) is 48.9 Å². The van der Waals surface area contributed by atoms with Gasteiger partial charge >= 0.3 is 0 Å². The van der Waals surface area contributed by atoms with Gasteiger partial charge in [-0.1, -0.05) is 12.1 Å². The highest BCUT2D eigenvalue weighted by Gasteiger charge is 2.16. The molecule has 0 radical (unpaired) electrons. The van der Waals surface area contributed by atoms with Crippen molar-refractivity contribution in [1.82, 2.24) is 9.73 Å². The second kappa shape index (κ2) is 7.54.